The molecule has 0 aliphatic rings. The molecule has 0 spiro atoms. The van der Waals surface area contributed by atoms with Crippen molar-refractivity contribution in [1.82, 2.24) is 0 Å². The molecule has 1 atom stereocenters. The Kier molecular flexibility index (Phi) is 4.48. The number of nitrogens with one attached hydrogen (secondary N) is 1. The van der Waals surface area contributed by atoms with Crippen LogP contribution in [-0.2, 0) is 0 Å². The van der Waals surface area contributed by atoms with E-state index < -0.39 is 0 Å². The van der Waals surface area contributed by atoms with Gasteiger partial charge in [0.1, 0.15) is 5.75 Å². The van der Waals surface area contributed by atoms with E-state index in [4.69, 9.17) is 4.74 Å². The maximum atomic E-state index is 5.26. The van der Waals surface area contributed by atoms with Crippen molar-refractivity contribution in [1.29, 1.82) is 0 Å². The van der Waals surface area contributed by atoms with E-state index in [0.717, 1.165) is 15.9 Å². The van der Waals surface area contributed by atoms with Crippen LogP contribution in [0.15, 0.2) is 46.9 Å². The van der Waals surface area contributed by atoms with E-state index >= 15 is 0 Å². The summed E-state index contributed by atoms with van der Waals surface area (Å²) >= 11 is 3.52. The molecule has 0 fully saturated rings. The molecule has 2 rings (SSSR count). The Hall–Kier alpha value is -1.48. The van der Waals surface area contributed by atoms with Gasteiger partial charge in [-0.1, -0.05) is 28.1 Å². The molecule has 1 N–H and O–H groups in total. The number of benzene rings is 2. The van der Waals surface area contributed by atoms with Gasteiger partial charge in [0.25, 0.3) is 0 Å². The van der Waals surface area contributed by atoms with Gasteiger partial charge in [0.05, 0.1) is 7.11 Å². The molecule has 0 aromatic heterocycles. The first-order chi connectivity index (χ1) is 9.08. The van der Waals surface area contributed by atoms with Crippen LogP contribution in [0.5, 0.6) is 5.75 Å². The molecule has 0 radical (unpaired) electrons. The minimum atomic E-state index is 0.226. The van der Waals surface area contributed by atoms with Gasteiger partial charge in [0.15, 0.2) is 0 Å². The van der Waals surface area contributed by atoms with Crippen molar-refractivity contribution < 1.29 is 4.74 Å². The lowest BCUT2D eigenvalue weighted by atomic mass is 10.1. The van der Waals surface area contributed by atoms with E-state index in [-0.39, 0.29) is 6.04 Å². The Bertz CT molecular complexity index is 548. The first kappa shape index (κ1) is 13.9. The average molecular weight is 320 g/mol. The van der Waals surface area contributed by atoms with Gasteiger partial charge in [-0.05, 0) is 55.3 Å². The fourth-order valence-corrected chi connectivity index (χ4v) is 2.67. The lowest BCUT2D eigenvalue weighted by molar-refractivity contribution is 0.414. The maximum Gasteiger partial charge on any atom is 0.119 e. The summed E-state index contributed by atoms with van der Waals surface area (Å²) in [4.78, 5) is 0. The van der Waals surface area contributed by atoms with E-state index in [1.807, 2.05) is 12.1 Å². The Morgan fingerprint density at radius 3 is 2.63 bits per heavy atom. The standard InChI is InChI=1S/C16H18BrNO/c1-11-7-14(17)10-15(8-11)18-12(2)13-5-4-6-16(9-13)19-3/h4-10,12,18H,1-3H3. The van der Waals surface area contributed by atoms with Gasteiger partial charge in [-0.25, -0.2) is 0 Å². The third-order valence-corrected chi connectivity index (χ3v) is 3.48. The second kappa shape index (κ2) is 6.11. The Balaban J connectivity index is 2.17. The Morgan fingerprint density at radius 2 is 1.95 bits per heavy atom. The molecule has 2 aromatic rings. The SMILES string of the molecule is COc1cccc(C(C)Nc2cc(C)cc(Br)c2)c1. The lowest BCUT2D eigenvalue weighted by Gasteiger charge is -2.17. The number of aryl methyl sites for hydroxylation is 1. The Labute approximate surface area is 122 Å². The molecule has 0 aliphatic carbocycles. The van der Waals surface area contributed by atoms with Crippen molar-refractivity contribution in [2.45, 2.75) is 19.9 Å². The number of hydrogen-bond donors (Lipinski definition) is 1. The summed E-state index contributed by atoms with van der Waals surface area (Å²) in [7, 11) is 1.69. The molecule has 0 bridgehead atoms. The molecule has 0 aliphatic heterocycles. The summed E-state index contributed by atoms with van der Waals surface area (Å²) in [5.41, 5.74) is 3.55. The molecule has 100 valence electrons. The Morgan fingerprint density at radius 1 is 1.16 bits per heavy atom. The van der Waals surface area contributed by atoms with Gasteiger partial charge < -0.3 is 10.1 Å². The maximum absolute atomic E-state index is 5.26. The number of methoxy groups -OCH3 is 1. The first-order valence-corrected chi connectivity index (χ1v) is 7.05. The van der Waals surface area contributed by atoms with Gasteiger partial charge in [0, 0.05) is 16.2 Å². The third-order valence-electron chi connectivity index (χ3n) is 3.02. The van der Waals surface area contributed by atoms with Crippen molar-refractivity contribution in [2.75, 3.05) is 12.4 Å². The van der Waals surface area contributed by atoms with E-state index in [1.54, 1.807) is 7.11 Å². The zero-order valence-electron chi connectivity index (χ0n) is 11.4. The van der Waals surface area contributed by atoms with Crippen molar-refractivity contribution in [3.05, 3.63) is 58.1 Å². The topological polar surface area (TPSA) is 21.3 Å². The van der Waals surface area contributed by atoms with Gasteiger partial charge in [-0.2, -0.15) is 0 Å². The summed E-state index contributed by atoms with van der Waals surface area (Å²) < 4.78 is 6.35. The molecular formula is C16H18BrNO. The van der Waals surface area contributed by atoms with Crippen LogP contribution < -0.4 is 10.1 Å². The van der Waals surface area contributed by atoms with Crippen LogP contribution in [0, 0.1) is 6.92 Å². The number of ether oxygens (including phenoxy) is 1. The molecule has 3 heteroatoms. The van der Waals surface area contributed by atoms with Crippen LogP contribution >= 0.6 is 15.9 Å². The van der Waals surface area contributed by atoms with Crippen LogP contribution in [0.2, 0.25) is 0 Å². The van der Waals surface area contributed by atoms with E-state index in [1.165, 1.54) is 11.1 Å². The van der Waals surface area contributed by atoms with Gasteiger partial charge >= 0.3 is 0 Å². The predicted octanol–water partition coefficient (Wildman–Crippen LogP) is 4.94. The monoisotopic (exact) mass is 319 g/mol. The average Bonchev–Trinajstić information content (AvgIpc) is 2.37. The van der Waals surface area contributed by atoms with Crippen molar-refractivity contribution in [3.63, 3.8) is 0 Å². The number of anilines is 1. The minimum absolute atomic E-state index is 0.226. The van der Waals surface area contributed by atoms with Crippen LogP contribution in [0.3, 0.4) is 0 Å². The molecular weight excluding hydrogens is 302 g/mol. The van der Waals surface area contributed by atoms with Crippen LogP contribution in [0.4, 0.5) is 5.69 Å². The fourth-order valence-electron chi connectivity index (χ4n) is 2.06. The smallest absolute Gasteiger partial charge is 0.119 e. The second-order valence-corrected chi connectivity index (χ2v) is 5.58. The highest BCUT2D eigenvalue weighted by Gasteiger charge is 2.07. The van der Waals surface area contributed by atoms with E-state index in [9.17, 15) is 0 Å². The third kappa shape index (κ3) is 3.74. The van der Waals surface area contributed by atoms with E-state index in [0.29, 0.717) is 0 Å². The molecule has 19 heavy (non-hydrogen) atoms. The summed E-state index contributed by atoms with van der Waals surface area (Å²) in [6.07, 6.45) is 0. The summed E-state index contributed by atoms with van der Waals surface area (Å²) in [6.45, 7) is 4.23. The molecule has 0 amide bonds. The zero-order valence-corrected chi connectivity index (χ0v) is 13.0. The van der Waals surface area contributed by atoms with Gasteiger partial charge in [-0.3, -0.25) is 0 Å². The predicted molar refractivity (Wildman–Crippen MR) is 83.9 cm³/mol. The molecule has 0 saturated carbocycles. The largest absolute Gasteiger partial charge is 0.497 e. The van der Waals surface area contributed by atoms with Crippen LogP contribution in [0.25, 0.3) is 0 Å². The number of halogens is 1. The highest BCUT2D eigenvalue weighted by molar-refractivity contribution is 9.10. The molecule has 0 saturated heterocycles. The molecule has 2 aromatic carbocycles. The normalized spacial score (nSPS) is 12.0. The summed E-state index contributed by atoms with van der Waals surface area (Å²) in [6, 6.07) is 14.7. The zero-order chi connectivity index (χ0) is 13.8. The number of hydrogen-bond acceptors (Lipinski definition) is 2. The minimum Gasteiger partial charge on any atom is -0.497 e. The fraction of sp³-hybridized carbons (Fsp3) is 0.250. The van der Waals surface area contributed by atoms with Crippen LogP contribution in [0.1, 0.15) is 24.1 Å². The quantitative estimate of drug-likeness (QED) is 0.861. The van der Waals surface area contributed by atoms with E-state index in [2.05, 4.69) is 65.4 Å². The highest BCUT2D eigenvalue weighted by Crippen LogP contribution is 2.25. The number of rotatable bonds is 4. The lowest BCUT2D eigenvalue weighted by Crippen LogP contribution is -2.06. The summed E-state index contributed by atoms with van der Waals surface area (Å²) in [5, 5.41) is 3.51. The van der Waals surface area contributed by atoms with Crippen molar-refractivity contribution in [2.24, 2.45) is 0 Å². The highest BCUT2D eigenvalue weighted by atomic mass is 79.9. The molecule has 0 heterocycles. The first-order valence-electron chi connectivity index (χ1n) is 6.26. The van der Waals surface area contributed by atoms with Crippen molar-refractivity contribution in [3.8, 4) is 5.75 Å². The molecule has 1 unspecified atom stereocenters. The summed E-state index contributed by atoms with van der Waals surface area (Å²) in [5.74, 6) is 0.886. The van der Waals surface area contributed by atoms with Gasteiger partial charge in [-0.15, -0.1) is 0 Å². The van der Waals surface area contributed by atoms with Gasteiger partial charge in [0.2, 0.25) is 0 Å². The second-order valence-electron chi connectivity index (χ2n) is 4.66. The van der Waals surface area contributed by atoms with Crippen molar-refractivity contribution >= 4 is 21.6 Å². The molecule has 2 nitrogen and oxygen atoms in total. The van der Waals surface area contributed by atoms with Crippen LogP contribution in [-0.4, -0.2) is 7.11 Å².